The number of nitrogens with zero attached hydrogens (tertiary/aromatic N) is 1. The van der Waals surface area contributed by atoms with E-state index in [1.807, 2.05) is 24.3 Å². The molecule has 1 unspecified atom stereocenters. The molecule has 0 bridgehead atoms. The number of hydrogen-bond acceptors (Lipinski definition) is 4. The number of cyclic esters (lactones) is 1. The summed E-state index contributed by atoms with van der Waals surface area (Å²) in [6.45, 7) is 3.21. The van der Waals surface area contributed by atoms with Crippen LogP contribution in [-0.4, -0.2) is 38.4 Å². The number of ether oxygens (including phenoxy) is 1. The third kappa shape index (κ3) is 2.81. The van der Waals surface area contributed by atoms with E-state index in [-0.39, 0.29) is 6.09 Å². The van der Waals surface area contributed by atoms with Gasteiger partial charge >= 0.3 is 6.09 Å². The van der Waals surface area contributed by atoms with Crippen LogP contribution in [0.2, 0.25) is 0 Å². The monoisotopic (exact) mass is 261 g/mol. The SMILES string of the molecule is O=C1OCCN1c1cccc(NC2CCCNC2)c1. The number of benzene rings is 1. The van der Waals surface area contributed by atoms with E-state index in [1.165, 1.54) is 12.8 Å². The van der Waals surface area contributed by atoms with Gasteiger partial charge in [0.05, 0.1) is 6.54 Å². The number of carbonyl (C=O) groups is 1. The van der Waals surface area contributed by atoms with Crippen LogP contribution in [0.25, 0.3) is 0 Å². The number of amides is 1. The van der Waals surface area contributed by atoms with E-state index < -0.39 is 0 Å². The number of piperidine rings is 1. The van der Waals surface area contributed by atoms with E-state index in [4.69, 9.17) is 4.74 Å². The Kier molecular flexibility index (Phi) is 3.55. The lowest BCUT2D eigenvalue weighted by Crippen LogP contribution is -2.38. The molecule has 1 aromatic rings. The Morgan fingerprint density at radius 3 is 3.11 bits per heavy atom. The van der Waals surface area contributed by atoms with Gasteiger partial charge in [-0.15, -0.1) is 0 Å². The first-order valence-corrected chi connectivity index (χ1v) is 6.84. The Morgan fingerprint density at radius 2 is 2.37 bits per heavy atom. The topological polar surface area (TPSA) is 53.6 Å². The van der Waals surface area contributed by atoms with Gasteiger partial charge in [0, 0.05) is 24.0 Å². The molecule has 2 aliphatic heterocycles. The molecule has 3 rings (SSSR count). The maximum Gasteiger partial charge on any atom is 0.414 e. The van der Waals surface area contributed by atoms with E-state index in [2.05, 4.69) is 10.6 Å². The highest BCUT2D eigenvalue weighted by Crippen LogP contribution is 2.23. The standard InChI is InChI=1S/C14H19N3O2/c18-14-17(7-8-19-14)13-5-1-3-11(9-13)16-12-4-2-6-15-10-12/h1,3,5,9,12,15-16H,2,4,6-8,10H2. The predicted octanol–water partition coefficient (Wildman–Crippen LogP) is 1.81. The van der Waals surface area contributed by atoms with Crippen molar-refractivity contribution in [3.8, 4) is 0 Å². The predicted molar refractivity (Wildman–Crippen MR) is 74.7 cm³/mol. The first kappa shape index (κ1) is 12.3. The third-order valence-electron chi connectivity index (χ3n) is 3.59. The summed E-state index contributed by atoms with van der Waals surface area (Å²) in [6.07, 6.45) is 2.13. The van der Waals surface area contributed by atoms with Crippen LogP contribution >= 0.6 is 0 Å². The molecule has 2 fully saturated rings. The maximum atomic E-state index is 11.5. The molecule has 19 heavy (non-hydrogen) atoms. The minimum absolute atomic E-state index is 0.253. The number of nitrogens with one attached hydrogen (secondary N) is 2. The summed E-state index contributed by atoms with van der Waals surface area (Å²) in [5.74, 6) is 0. The molecule has 2 N–H and O–H groups in total. The molecule has 5 nitrogen and oxygen atoms in total. The molecular formula is C14H19N3O2. The molecule has 0 spiro atoms. The Hall–Kier alpha value is -1.75. The zero-order valence-corrected chi connectivity index (χ0v) is 10.9. The van der Waals surface area contributed by atoms with Crippen molar-refractivity contribution < 1.29 is 9.53 Å². The average Bonchev–Trinajstić information content (AvgIpc) is 2.86. The van der Waals surface area contributed by atoms with Crippen LogP contribution in [0.3, 0.4) is 0 Å². The van der Waals surface area contributed by atoms with Crippen molar-refractivity contribution in [3.05, 3.63) is 24.3 Å². The van der Waals surface area contributed by atoms with Gasteiger partial charge in [0.15, 0.2) is 0 Å². The minimum Gasteiger partial charge on any atom is -0.447 e. The fourth-order valence-corrected chi connectivity index (χ4v) is 2.60. The van der Waals surface area contributed by atoms with Crippen LogP contribution in [0.4, 0.5) is 16.2 Å². The molecular weight excluding hydrogens is 242 g/mol. The van der Waals surface area contributed by atoms with Gasteiger partial charge < -0.3 is 15.4 Å². The van der Waals surface area contributed by atoms with Crippen molar-refractivity contribution in [2.24, 2.45) is 0 Å². The fraction of sp³-hybridized carbons (Fsp3) is 0.500. The van der Waals surface area contributed by atoms with Crippen LogP contribution in [-0.2, 0) is 4.74 Å². The molecule has 0 saturated carbocycles. The van der Waals surface area contributed by atoms with Gasteiger partial charge in [-0.25, -0.2) is 4.79 Å². The lowest BCUT2D eigenvalue weighted by Gasteiger charge is -2.25. The summed E-state index contributed by atoms with van der Waals surface area (Å²) in [5.41, 5.74) is 1.96. The highest BCUT2D eigenvalue weighted by atomic mass is 16.6. The lowest BCUT2D eigenvalue weighted by atomic mass is 10.1. The summed E-state index contributed by atoms with van der Waals surface area (Å²) < 4.78 is 4.97. The lowest BCUT2D eigenvalue weighted by molar-refractivity contribution is 0.181. The summed E-state index contributed by atoms with van der Waals surface area (Å²) in [4.78, 5) is 13.2. The van der Waals surface area contributed by atoms with E-state index in [9.17, 15) is 4.79 Å². The second-order valence-electron chi connectivity index (χ2n) is 5.00. The van der Waals surface area contributed by atoms with Crippen LogP contribution in [0.15, 0.2) is 24.3 Å². The molecule has 1 aromatic carbocycles. The second-order valence-corrected chi connectivity index (χ2v) is 5.00. The van der Waals surface area contributed by atoms with Crippen molar-refractivity contribution in [2.45, 2.75) is 18.9 Å². The van der Waals surface area contributed by atoms with Crippen molar-refractivity contribution in [3.63, 3.8) is 0 Å². The van der Waals surface area contributed by atoms with E-state index in [1.54, 1.807) is 4.90 Å². The largest absolute Gasteiger partial charge is 0.447 e. The van der Waals surface area contributed by atoms with Gasteiger partial charge in [0.1, 0.15) is 6.61 Å². The van der Waals surface area contributed by atoms with Crippen molar-refractivity contribution in [1.29, 1.82) is 0 Å². The van der Waals surface area contributed by atoms with E-state index >= 15 is 0 Å². The zero-order chi connectivity index (χ0) is 13.1. The molecule has 1 atom stereocenters. The molecule has 0 aromatic heterocycles. The van der Waals surface area contributed by atoms with Gasteiger partial charge in [-0.05, 0) is 37.6 Å². The Bertz CT molecular complexity index is 458. The summed E-state index contributed by atoms with van der Waals surface area (Å²) in [7, 11) is 0. The molecule has 2 saturated heterocycles. The molecule has 5 heteroatoms. The minimum atomic E-state index is -0.253. The normalized spacial score (nSPS) is 23.3. The van der Waals surface area contributed by atoms with Gasteiger partial charge in [-0.2, -0.15) is 0 Å². The van der Waals surface area contributed by atoms with Crippen molar-refractivity contribution >= 4 is 17.5 Å². The fourth-order valence-electron chi connectivity index (χ4n) is 2.60. The molecule has 2 heterocycles. The smallest absolute Gasteiger partial charge is 0.414 e. The van der Waals surface area contributed by atoms with E-state index in [0.717, 1.165) is 24.5 Å². The molecule has 1 amide bonds. The Balaban J connectivity index is 1.70. The first-order valence-electron chi connectivity index (χ1n) is 6.84. The highest BCUT2D eigenvalue weighted by molar-refractivity contribution is 5.89. The Morgan fingerprint density at radius 1 is 1.42 bits per heavy atom. The number of rotatable bonds is 3. The highest BCUT2D eigenvalue weighted by Gasteiger charge is 2.23. The van der Waals surface area contributed by atoms with Crippen LogP contribution in [0, 0.1) is 0 Å². The van der Waals surface area contributed by atoms with Gasteiger partial charge in [-0.1, -0.05) is 6.07 Å². The summed E-state index contributed by atoms with van der Waals surface area (Å²) in [5, 5.41) is 6.90. The van der Waals surface area contributed by atoms with Crippen molar-refractivity contribution in [2.75, 3.05) is 36.5 Å². The number of anilines is 2. The van der Waals surface area contributed by atoms with Crippen LogP contribution in [0.5, 0.6) is 0 Å². The average molecular weight is 261 g/mol. The number of carbonyl (C=O) groups excluding carboxylic acids is 1. The zero-order valence-electron chi connectivity index (χ0n) is 10.9. The summed E-state index contributed by atoms with van der Waals surface area (Å²) >= 11 is 0. The Labute approximate surface area is 112 Å². The molecule has 0 aliphatic carbocycles. The van der Waals surface area contributed by atoms with Gasteiger partial charge in [0.25, 0.3) is 0 Å². The molecule has 2 aliphatic rings. The summed E-state index contributed by atoms with van der Waals surface area (Å²) in [6, 6.07) is 8.44. The molecule has 102 valence electrons. The van der Waals surface area contributed by atoms with Gasteiger partial charge in [-0.3, -0.25) is 4.90 Å². The van der Waals surface area contributed by atoms with Crippen molar-refractivity contribution in [1.82, 2.24) is 5.32 Å². The molecule has 0 radical (unpaired) electrons. The van der Waals surface area contributed by atoms with Gasteiger partial charge in [0.2, 0.25) is 0 Å². The second kappa shape index (κ2) is 5.48. The first-order chi connectivity index (χ1) is 9.33. The van der Waals surface area contributed by atoms with Crippen LogP contribution < -0.4 is 15.5 Å². The maximum absolute atomic E-state index is 11.5. The quantitative estimate of drug-likeness (QED) is 0.871. The third-order valence-corrected chi connectivity index (χ3v) is 3.59. The van der Waals surface area contributed by atoms with Crippen LogP contribution in [0.1, 0.15) is 12.8 Å². The number of hydrogen-bond donors (Lipinski definition) is 2. The van der Waals surface area contributed by atoms with E-state index in [0.29, 0.717) is 19.2 Å².